The molecule has 0 aromatic heterocycles. The van der Waals surface area contributed by atoms with Crippen molar-refractivity contribution in [3.05, 3.63) is 40.5 Å². The van der Waals surface area contributed by atoms with Gasteiger partial charge in [0.25, 0.3) is 0 Å². The van der Waals surface area contributed by atoms with Crippen molar-refractivity contribution in [3.63, 3.8) is 0 Å². The molecule has 4 heteroatoms. The molecule has 0 amide bonds. The molecule has 0 aliphatic rings. The fourth-order valence-electron chi connectivity index (χ4n) is 1.78. The van der Waals surface area contributed by atoms with Gasteiger partial charge in [-0.05, 0) is 23.6 Å². The maximum Gasteiger partial charge on any atom is 0.172 e. The number of carbonyl (C=O) groups is 2. The Balaban J connectivity index is 2.99. The molecule has 0 spiro atoms. The summed E-state index contributed by atoms with van der Waals surface area (Å²) < 4.78 is 0.907. The normalized spacial score (nSPS) is 11.6. The predicted octanol–water partition coefficient (Wildman–Crippen LogP) is 3.97. The Morgan fingerprint density at radius 2 is 2.05 bits per heavy atom. The van der Waals surface area contributed by atoms with Gasteiger partial charge in [-0.3, -0.25) is 9.59 Å². The van der Waals surface area contributed by atoms with Gasteiger partial charge in [0, 0.05) is 29.2 Å². The summed E-state index contributed by atoms with van der Waals surface area (Å²) >= 11 is 3.41. The topological polar surface area (TPSA) is 46.2 Å². The third kappa shape index (κ3) is 6.25. The van der Waals surface area contributed by atoms with Gasteiger partial charge in [0.15, 0.2) is 5.78 Å². The zero-order chi connectivity index (χ0) is 15.8. The van der Waals surface area contributed by atoms with Crippen LogP contribution in [0, 0.1) is 5.92 Å². The van der Waals surface area contributed by atoms with Gasteiger partial charge in [-0.2, -0.15) is 0 Å². The number of allylic oxidation sites excluding steroid dienone is 1. The first-order valence-corrected chi connectivity index (χ1v) is 7.97. The van der Waals surface area contributed by atoms with Crippen LogP contribution in [0.1, 0.15) is 39.2 Å². The molecular formula is C17H22BrNO2. The molecule has 0 heterocycles. The third-order valence-corrected chi connectivity index (χ3v) is 3.45. The number of ketones is 2. The summed E-state index contributed by atoms with van der Waals surface area (Å²) in [5.41, 5.74) is 1.37. The highest BCUT2D eigenvalue weighted by atomic mass is 79.9. The Morgan fingerprint density at radius 3 is 2.62 bits per heavy atom. The Morgan fingerprint density at radius 1 is 1.33 bits per heavy atom. The lowest BCUT2D eigenvalue weighted by Crippen LogP contribution is -2.16. The molecule has 0 radical (unpaired) electrons. The van der Waals surface area contributed by atoms with E-state index in [2.05, 4.69) is 35.1 Å². The molecule has 0 bridgehead atoms. The zero-order valence-corrected chi connectivity index (χ0v) is 14.4. The lowest BCUT2D eigenvalue weighted by Gasteiger charge is -2.10. The number of hydrogen-bond donors (Lipinski definition) is 1. The quantitative estimate of drug-likeness (QED) is 0.569. The van der Waals surface area contributed by atoms with Crippen LogP contribution in [-0.4, -0.2) is 18.1 Å². The van der Waals surface area contributed by atoms with E-state index in [0.717, 1.165) is 16.6 Å². The van der Waals surface area contributed by atoms with Crippen molar-refractivity contribution >= 4 is 33.1 Å². The van der Waals surface area contributed by atoms with E-state index in [0.29, 0.717) is 17.9 Å². The number of hydrogen-bond acceptors (Lipinski definition) is 3. The molecule has 1 aromatic rings. The van der Waals surface area contributed by atoms with E-state index in [-0.39, 0.29) is 18.0 Å². The van der Waals surface area contributed by atoms with Crippen molar-refractivity contribution in [1.29, 1.82) is 0 Å². The van der Waals surface area contributed by atoms with E-state index in [1.807, 2.05) is 24.3 Å². The summed E-state index contributed by atoms with van der Waals surface area (Å²) in [5, 5.41) is 3.17. The fraction of sp³-hybridized carbons (Fsp3) is 0.412. The number of Topliss-reactive ketones (excluding diaryl/α,β-unsaturated/α-hetero) is 2. The number of carbonyl (C=O) groups excluding carboxylic acids is 2. The fourth-order valence-corrected chi connectivity index (χ4v) is 2.18. The summed E-state index contributed by atoms with van der Waals surface area (Å²) in [5.74, 6) is 0.304. The molecule has 114 valence electrons. The molecule has 1 N–H and O–H groups in total. The van der Waals surface area contributed by atoms with Gasteiger partial charge in [0.1, 0.15) is 5.78 Å². The second-order valence-corrected chi connectivity index (χ2v) is 6.28. The Labute approximate surface area is 134 Å². The summed E-state index contributed by atoms with van der Waals surface area (Å²) in [6.45, 7) is 6.76. The molecule has 0 aliphatic heterocycles. The van der Waals surface area contributed by atoms with Crippen LogP contribution >= 0.6 is 15.9 Å². The SMILES string of the molecule is CCC(=O)CC(=O)C(=CNCC(C)C)c1cccc(Br)c1. The minimum Gasteiger partial charge on any atom is -0.390 e. The van der Waals surface area contributed by atoms with Gasteiger partial charge in [0.05, 0.1) is 6.42 Å². The molecule has 1 rings (SSSR count). The molecule has 3 nitrogen and oxygen atoms in total. The maximum atomic E-state index is 12.4. The maximum absolute atomic E-state index is 12.4. The van der Waals surface area contributed by atoms with Crippen LogP contribution in [0.4, 0.5) is 0 Å². The van der Waals surface area contributed by atoms with Gasteiger partial charge >= 0.3 is 0 Å². The molecule has 0 unspecified atom stereocenters. The first kappa shape index (κ1) is 17.6. The largest absolute Gasteiger partial charge is 0.390 e. The summed E-state index contributed by atoms with van der Waals surface area (Å²) in [6, 6.07) is 7.55. The zero-order valence-electron chi connectivity index (χ0n) is 12.8. The Kier molecular flexibility index (Phi) is 7.37. The van der Waals surface area contributed by atoms with Crippen LogP contribution in [0.3, 0.4) is 0 Å². The van der Waals surface area contributed by atoms with E-state index in [9.17, 15) is 9.59 Å². The standard InChI is InChI=1S/C17H22BrNO2/c1-4-15(20)9-17(21)16(11-19-10-12(2)3)13-6-5-7-14(18)8-13/h5-8,11-12,19H,4,9-10H2,1-3H3. The Hall–Kier alpha value is -1.42. The minimum absolute atomic E-state index is 0.0373. The van der Waals surface area contributed by atoms with Crippen LogP contribution in [0.25, 0.3) is 5.57 Å². The first-order valence-electron chi connectivity index (χ1n) is 7.18. The molecule has 1 aromatic carbocycles. The van der Waals surface area contributed by atoms with E-state index >= 15 is 0 Å². The van der Waals surface area contributed by atoms with Gasteiger partial charge in [-0.25, -0.2) is 0 Å². The summed E-state index contributed by atoms with van der Waals surface area (Å²) in [4.78, 5) is 23.9. The van der Waals surface area contributed by atoms with Crippen molar-refractivity contribution in [2.24, 2.45) is 5.92 Å². The molecule has 0 aliphatic carbocycles. The van der Waals surface area contributed by atoms with Gasteiger partial charge in [-0.1, -0.05) is 48.8 Å². The number of rotatable bonds is 8. The number of benzene rings is 1. The monoisotopic (exact) mass is 351 g/mol. The average Bonchev–Trinajstić information content (AvgIpc) is 2.42. The highest BCUT2D eigenvalue weighted by Crippen LogP contribution is 2.21. The predicted molar refractivity (Wildman–Crippen MR) is 89.9 cm³/mol. The third-order valence-electron chi connectivity index (χ3n) is 2.96. The van der Waals surface area contributed by atoms with E-state index in [1.54, 1.807) is 13.1 Å². The van der Waals surface area contributed by atoms with E-state index in [1.165, 1.54) is 0 Å². The van der Waals surface area contributed by atoms with Crippen molar-refractivity contribution in [3.8, 4) is 0 Å². The van der Waals surface area contributed by atoms with Crippen molar-refractivity contribution in [2.45, 2.75) is 33.6 Å². The lowest BCUT2D eigenvalue weighted by molar-refractivity contribution is -0.124. The van der Waals surface area contributed by atoms with Crippen molar-refractivity contribution < 1.29 is 9.59 Å². The van der Waals surface area contributed by atoms with Crippen molar-refractivity contribution in [2.75, 3.05) is 6.54 Å². The highest BCUT2D eigenvalue weighted by Gasteiger charge is 2.15. The summed E-state index contributed by atoms with van der Waals surface area (Å²) in [6.07, 6.45) is 2.07. The molecule has 0 atom stereocenters. The molecule has 0 saturated heterocycles. The average molecular weight is 352 g/mol. The Bertz CT molecular complexity index is 535. The van der Waals surface area contributed by atoms with Crippen LogP contribution in [0.15, 0.2) is 34.9 Å². The van der Waals surface area contributed by atoms with Crippen molar-refractivity contribution in [1.82, 2.24) is 5.32 Å². The van der Waals surface area contributed by atoms with Gasteiger partial charge < -0.3 is 5.32 Å². The first-order chi connectivity index (χ1) is 9.93. The minimum atomic E-state index is -0.142. The van der Waals surface area contributed by atoms with E-state index < -0.39 is 0 Å². The molecular weight excluding hydrogens is 330 g/mol. The highest BCUT2D eigenvalue weighted by molar-refractivity contribution is 9.10. The lowest BCUT2D eigenvalue weighted by atomic mass is 9.98. The summed E-state index contributed by atoms with van der Waals surface area (Å²) in [7, 11) is 0. The molecule has 0 saturated carbocycles. The van der Waals surface area contributed by atoms with Crippen LogP contribution < -0.4 is 5.32 Å². The van der Waals surface area contributed by atoms with Gasteiger partial charge in [0.2, 0.25) is 0 Å². The number of halogens is 1. The second kappa shape index (κ2) is 8.78. The van der Waals surface area contributed by atoms with Crippen LogP contribution in [-0.2, 0) is 9.59 Å². The smallest absolute Gasteiger partial charge is 0.172 e. The van der Waals surface area contributed by atoms with Crippen LogP contribution in [0.2, 0.25) is 0 Å². The molecule has 21 heavy (non-hydrogen) atoms. The second-order valence-electron chi connectivity index (χ2n) is 5.36. The van der Waals surface area contributed by atoms with Crippen LogP contribution in [0.5, 0.6) is 0 Å². The molecule has 0 fully saturated rings. The number of nitrogens with one attached hydrogen (secondary N) is 1. The van der Waals surface area contributed by atoms with Gasteiger partial charge in [-0.15, -0.1) is 0 Å². The van der Waals surface area contributed by atoms with E-state index in [4.69, 9.17) is 0 Å².